The quantitative estimate of drug-likeness (QED) is 0.190. The zero-order valence-electron chi connectivity index (χ0n) is 22.5. The molecule has 1 atom stereocenters. The first kappa shape index (κ1) is 29.1. The number of hydrogen-bond acceptors (Lipinski definition) is 5. The number of rotatable bonds is 13. The fraction of sp³-hybridized carbons (Fsp3) is 0.219. The number of ether oxygens (including phenoxy) is 3. The van der Waals surface area contributed by atoms with E-state index in [2.05, 4.69) is 5.32 Å². The van der Waals surface area contributed by atoms with Gasteiger partial charge in [0.1, 0.15) is 12.4 Å². The molecule has 0 spiro atoms. The molecule has 4 rings (SSSR count). The minimum absolute atomic E-state index is 0.00673. The third-order valence-electron chi connectivity index (χ3n) is 6.62. The predicted octanol–water partition coefficient (Wildman–Crippen LogP) is 6.20. The highest BCUT2D eigenvalue weighted by atomic mass is 35.5. The average molecular weight is 563 g/mol. The van der Waals surface area contributed by atoms with E-state index in [0.717, 1.165) is 22.4 Å². The standard InChI is InChI=1S/C32H32ClFN2O4/c1-38-16-17-40-29-15-13-25(32(35)37)30(31(29)34)26-18-23(10-14-28(26)33)27(22-6-4-3-5-7-22)20-36-19-21-8-11-24(39-2)12-9-21/h3-15,18,27,36H,16-17,19-20H2,1-2H3,(H2,35,37). The molecular weight excluding hydrogens is 531 g/mol. The Hall–Kier alpha value is -3.91. The molecule has 0 aromatic heterocycles. The summed E-state index contributed by atoms with van der Waals surface area (Å²) >= 11 is 6.61. The van der Waals surface area contributed by atoms with Crippen LogP contribution < -0.4 is 20.5 Å². The van der Waals surface area contributed by atoms with Crippen LogP contribution in [0.3, 0.4) is 0 Å². The summed E-state index contributed by atoms with van der Waals surface area (Å²) in [6, 6.07) is 26.2. The van der Waals surface area contributed by atoms with Gasteiger partial charge in [-0.05, 0) is 53.1 Å². The molecule has 208 valence electrons. The fourth-order valence-corrected chi connectivity index (χ4v) is 4.75. The van der Waals surface area contributed by atoms with Crippen molar-refractivity contribution in [2.75, 3.05) is 34.0 Å². The van der Waals surface area contributed by atoms with Gasteiger partial charge in [0.15, 0.2) is 11.6 Å². The van der Waals surface area contributed by atoms with Crippen LogP contribution in [-0.4, -0.2) is 39.9 Å². The number of carbonyl (C=O) groups excluding carboxylic acids is 1. The van der Waals surface area contributed by atoms with Crippen LogP contribution in [0.1, 0.15) is 33.0 Å². The van der Waals surface area contributed by atoms with Crippen LogP contribution in [0.15, 0.2) is 84.9 Å². The molecule has 4 aromatic carbocycles. The number of methoxy groups -OCH3 is 2. The van der Waals surface area contributed by atoms with Gasteiger partial charge in [0, 0.05) is 42.3 Å². The lowest BCUT2D eigenvalue weighted by Gasteiger charge is -2.21. The van der Waals surface area contributed by atoms with Gasteiger partial charge in [-0.15, -0.1) is 0 Å². The summed E-state index contributed by atoms with van der Waals surface area (Å²) in [5.41, 5.74) is 9.11. The number of benzene rings is 4. The molecule has 0 saturated heterocycles. The third kappa shape index (κ3) is 6.99. The first-order chi connectivity index (χ1) is 19.4. The monoisotopic (exact) mass is 562 g/mol. The van der Waals surface area contributed by atoms with Crippen molar-refractivity contribution < 1.29 is 23.4 Å². The summed E-state index contributed by atoms with van der Waals surface area (Å²) in [4.78, 5) is 12.3. The number of amides is 1. The molecule has 0 aliphatic rings. The van der Waals surface area contributed by atoms with E-state index in [-0.39, 0.29) is 41.0 Å². The summed E-state index contributed by atoms with van der Waals surface area (Å²) in [7, 11) is 3.17. The molecule has 0 heterocycles. The maximum absolute atomic E-state index is 15.8. The summed E-state index contributed by atoms with van der Waals surface area (Å²) in [6.07, 6.45) is 0. The van der Waals surface area contributed by atoms with Crippen LogP contribution in [0.5, 0.6) is 11.5 Å². The van der Waals surface area contributed by atoms with Crippen LogP contribution in [0.4, 0.5) is 4.39 Å². The summed E-state index contributed by atoms with van der Waals surface area (Å²) < 4.78 is 31.6. The van der Waals surface area contributed by atoms with Gasteiger partial charge in [-0.2, -0.15) is 0 Å². The highest BCUT2D eigenvalue weighted by Gasteiger charge is 2.23. The van der Waals surface area contributed by atoms with Crippen LogP contribution in [0.25, 0.3) is 11.1 Å². The second-order valence-electron chi connectivity index (χ2n) is 9.19. The number of primary amides is 1. The lowest BCUT2D eigenvalue weighted by molar-refractivity contribution is 0.1000. The molecule has 1 unspecified atom stereocenters. The van der Waals surface area contributed by atoms with Gasteiger partial charge in [-0.25, -0.2) is 4.39 Å². The third-order valence-corrected chi connectivity index (χ3v) is 6.95. The van der Waals surface area contributed by atoms with Gasteiger partial charge in [-0.1, -0.05) is 60.1 Å². The second-order valence-corrected chi connectivity index (χ2v) is 9.59. The van der Waals surface area contributed by atoms with Crippen molar-refractivity contribution in [3.8, 4) is 22.6 Å². The fourth-order valence-electron chi connectivity index (χ4n) is 4.54. The van der Waals surface area contributed by atoms with Crippen molar-refractivity contribution in [1.82, 2.24) is 5.32 Å². The highest BCUT2D eigenvalue weighted by Crippen LogP contribution is 2.39. The van der Waals surface area contributed by atoms with E-state index in [0.29, 0.717) is 18.7 Å². The average Bonchev–Trinajstić information content (AvgIpc) is 2.97. The van der Waals surface area contributed by atoms with Crippen molar-refractivity contribution in [1.29, 1.82) is 0 Å². The zero-order chi connectivity index (χ0) is 28.5. The van der Waals surface area contributed by atoms with Crippen LogP contribution in [0.2, 0.25) is 5.02 Å². The topological polar surface area (TPSA) is 82.8 Å². The van der Waals surface area contributed by atoms with Gasteiger partial charge in [-0.3, -0.25) is 4.79 Å². The molecule has 0 aliphatic carbocycles. The SMILES string of the molecule is COCCOc1ccc(C(N)=O)c(-c2cc(C(CNCc3ccc(OC)cc3)c3ccccc3)ccc2Cl)c1F. The van der Waals surface area contributed by atoms with E-state index in [1.54, 1.807) is 13.2 Å². The van der Waals surface area contributed by atoms with E-state index in [4.69, 9.17) is 31.5 Å². The molecule has 40 heavy (non-hydrogen) atoms. The van der Waals surface area contributed by atoms with Crippen molar-refractivity contribution in [3.63, 3.8) is 0 Å². The van der Waals surface area contributed by atoms with Crippen molar-refractivity contribution in [3.05, 3.63) is 118 Å². The Bertz CT molecular complexity index is 1430. The van der Waals surface area contributed by atoms with E-state index < -0.39 is 11.7 Å². The number of nitrogens with two attached hydrogens (primary N) is 1. The van der Waals surface area contributed by atoms with Crippen LogP contribution in [0, 0.1) is 5.82 Å². The zero-order valence-corrected chi connectivity index (χ0v) is 23.2. The Morgan fingerprint density at radius 2 is 1.70 bits per heavy atom. The first-order valence-corrected chi connectivity index (χ1v) is 13.2. The maximum atomic E-state index is 15.8. The number of halogens is 2. The Morgan fingerprint density at radius 3 is 2.38 bits per heavy atom. The molecule has 0 saturated carbocycles. The second kappa shape index (κ2) is 13.9. The van der Waals surface area contributed by atoms with Crippen molar-refractivity contribution in [2.45, 2.75) is 12.5 Å². The lowest BCUT2D eigenvalue weighted by Crippen LogP contribution is -2.22. The van der Waals surface area contributed by atoms with Crippen LogP contribution in [-0.2, 0) is 11.3 Å². The van der Waals surface area contributed by atoms with Gasteiger partial charge in [0.2, 0.25) is 5.91 Å². The molecule has 8 heteroatoms. The van der Waals surface area contributed by atoms with Crippen LogP contribution >= 0.6 is 11.6 Å². The van der Waals surface area contributed by atoms with E-state index in [1.807, 2.05) is 66.7 Å². The molecule has 0 aliphatic heterocycles. The molecular formula is C32H32ClFN2O4. The Morgan fingerprint density at radius 1 is 0.950 bits per heavy atom. The number of nitrogens with one attached hydrogen (secondary N) is 1. The summed E-state index contributed by atoms with van der Waals surface area (Å²) in [5, 5.41) is 3.82. The van der Waals surface area contributed by atoms with Gasteiger partial charge in [0.05, 0.1) is 19.3 Å². The molecule has 3 N–H and O–H groups in total. The predicted molar refractivity (Wildman–Crippen MR) is 156 cm³/mol. The van der Waals surface area contributed by atoms with Crippen molar-refractivity contribution >= 4 is 17.5 Å². The number of hydrogen-bond donors (Lipinski definition) is 2. The minimum atomic E-state index is -0.764. The smallest absolute Gasteiger partial charge is 0.249 e. The molecule has 6 nitrogen and oxygen atoms in total. The van der Waals surface area contributed by atoms with Gasteiger partial charge < -0.3 is 25.3 Å². The normalized spacial score (nSPS) is 11.7. The minimum Gasteiger partial charge on any atom is -0.497 e. The largest absolute Gasteiger partial charge is 0.497 e. The highest BCUT2D eigenvalue weighted by molar-refractivity contribution is 6.33. The molecule has 4 aromatic rings. The molecule has 1 amide bonds. The molecule has 0 fully saturated rings. The Labute approximate surface area is 238 Å². The summed E-state index contributed by atoms with van der Waals surface area (Å²) in [6.45, 7) is 1.68. The van der Waals surface area contributed by atoms with Crippen molar-refractivity contribution in [2.24, 2.45) is 5.73 Å². The number of carbonyl (C=O) groups is 1. The maximum Gasteiger partial charge on any atom is 0.249 e. The van der Waals surface area contributed by atoms with Gasteiger partial charge in [0.25, 0.3) is 0 Å². The van der Waals surface area contributed by atoms with Gasteiger partial charge >= 0.3 is 0 Å². The molecule has 0 radical (unpaired) electrons. The Kier molecular flexibility index (Phi) is 10.1. The van der Waals surface area contributed by atoms with E-state index >= 15 is 4.39 Å². The van der Waals surface area contributed by atoms with E-state index in [1.165, 1.54) is 19.2 Å². The Balaban J connectivity index is 1.70. The lowest BCUT2D eigenvalue weighted by atomic mass is 9.88. The molecule has 0 bridgehead atoms. The summed E-state index contributed by atoms with van der Waals surface area (Å²) in [5.74, 6) is -0.772. The van der Waals surface area contributed by atoms with E-state index in [9.17, 15) is 4.79 Å². The first-order valence-electron chi connectivity index (χ1n) is 12.8.